The van der Waals surface area contributed by atoms with E-state index in [1.165, 1.54) is 12.5 Å². The largest absolute Gasteiger partial charge is 0.335 e. The van der Waals surface area contributed by atoms with Crippen molar-refractivity contribution in [2.24, 2.45) is 0 Å². The molecule has 0 saturated carbocycles. The average Bonchev–Trinajstić information content (AvgIpc) is 3.16. The third-order valence-corrected chi connectivity index (χ3v) is 5.39. The molecule has 29 heavy (non-hydrogen) atoms. The summed E-state index contributed by atoms with van der Waals surface area (Å²) in [4.78, 5) is 30.9. The van der Waals surface area contributed by atoms with E-state index in [1.54, 1.807) is 11.0 Å². The highest BCUT2D eigenvalue weighted by molar-refractivity contribution is 6.33. The van der Waals surface area contributed by atoms with Crippen molar-refractivity contribution in [3.8, 4) is 11.4 Å². The molecule has 0 aliphatic carbocycles. The molecule has 0 spiro atoms. The van der Waals surface area contributed by atoms with Gasteiger partial charge in [0.05, 0.1) is 17.5 Å². The summed E-state index contributed by atoms with van der Waals surface area (Å²) in [5.74, 6) is 0.335. The second-order valence-corrected chi connectivity index (χ2v) is 7.32. The second-order valence-electron chi connectivity index (χ2n) is 6.92. The highest BCUT2D eigenvalue weighted by atomic mass is 35.5. The van der Waals surface area contributed by atoms with Crippen molar-refractivity contribution in [3.63, 3.8) is 0 Å². The minimum Gasteiger partial charge on any atom is -0.335 e. The Kier molecular flexibility index (Phi) is 5.31. The molecule has 2 aromatic carbocycles. The van der Waals surface area contributed by atoms with Crippen molar-refractivity contribution in [3.05, 3.63) is 64.7 Å². The lowest BCUT2D eigenvalue weighted by atomic mass is 9.90. The fraction of sp³-hybridized carbons (Fsp3) is 0.238. The monoisotopic (exact) mass is 409 g/mol. The summed E-state index contributed by atoms with van der Waals surface area (Å²) >= 11 is 6.18. The van der Waals surface area contributed by atoms with Crippen LogP contribution in [-0.2, 0) is 16.0 Å². The zero-order valence-electron chi connectivity index (χ0n) is 15.9. The second kappa shape index (κ2) is 8.05. The summed E-state index contributed by atoms with van der Waals surface area (Å²) in [6.07, 6.45) is 0.919. The number of halogens is 1. The van der Waals surface area contributed by atoms with Gasteiger partial charge in [0, 0.05) is 19.0 Å². The van der Waals surface area contributed by atoms with E-state index in [0.29, 0.717) is 23.0 Å². The summed E-state index contributed by atoms with van der Waals surface area (Å²) in [6, 6.07) is 14.9. The highest BCUT2D eigenvalue weighted by Crippen LogP contribution is 2.32. The summed E-state index contributed by atoms with van der Waals surface area (Å²) < 4.78 is 0. The molecular weight excluding hydrogens is 390 g/mol. The first-order chi connectivity index (χ1) is 14.0. The Hall–Kier alpha value is -3.19. The normalized spacial score (nSPS) is 15.7. The standard InChI is InChI=1S/C21H20ClN5O2/c1-13(28)27-11-10-14-6-2-3-7-15(14)18(27)12-19(29)23-21-24-20(25-26-21)16-8-4-5-9-17(16)22/h2-9,18H,10-12H2,1H3,(H2,23,24,25,26,29). The van der Waals surface area contributed by atoms with Gasteiger partial charge in [0.1, 0.15) is 0 Å². The topological polar surface area (TPSA) is 91.0 Å². The molecule has 148 valence electrons. The molecule has 1 atom stereocenters. The molecule has 0 radical (unpaired) electrons. The van der Waals surface area contributed by atoms with Crippen LogP contribution in [0.2, 0.25) is 5.02 Å². The molecule has 2 amide bonds. The van der Waals surface area contributed by atoms with Crippen molar-refractivity contribution >= 4 is 29.4 Å². The van der Waals surface area contributed by atoms with Crippen LogP contribution in [0.15, 0.2) is 48.5 Å². The zero-order valence-corrected chi connectivity index (χ0v) is 16.6. The molecule has 0 bridgehead atoms. The van der Waals surface area contributed by atoms with Crippen LogP contribution < -0.4 is 5.32 Å². The number of aromatic amines is 1. The maximum atomic E-state index is 12.7. The number of H-pyrrole nitrogens is 1. The number of carbonyl (C=O) groups is 2. The molecule has 8 heteroatoms. The molecule has 1 unspecified atom stereocenters. The van der Waals surface area contributed by atoms with Crippen LogP contribution in [0.1, 0.15) is 30.5 Å². The Balaban J connectivity index is 1.51. The Morgan fingerprint density at radius 3 is 2.76 bits per heavy atom. The number of amides is 2. The van der Waals surface area contributed by atoms with Gasteiger partial charge in [0.2, 0.25) is 17.8 Å². The van der Waals surface area contributed by atoms with Crippen LogP contribution in [0.4, 0.5) is 5.95 Å². The number of anilines is 1. The number of benzene rings is 2. The third-order valence-electron chi connectivity index (χ3n) is 5.06. The SMILES string of the molecule is CC(=O)N1CCc2ccccc2C1CC(=O)Nc1n[nH]c(-c2ccccc2Cl)n1. The van der Waals surface area contributed by atoms with E-state index in [2.05, 4.69) is 20.5 Å². The molecule has 2 heterocycles. The Bertz CT molecular complexity index is 1060. The summed E-state index contributed by atoms with van der Waals surface area (Å²) in [6.45, 7) is 2.13. The smallest absolute Gasteiger partial charge is 0.249 e. The predicted molar refractivity (Wildman–Crippen MR) is 110 cm³/mol. The summed E-state index contributed by atoms with van der Waals surface area (Å²) in [7, 11) is 0. The minimum atomic E-state index is -0.306. The predicted octanol–water partition coefficient (Wildman–Crippen LogP) is 3.60. The number of hydrogen-bond acceptors (Lipinski definition) is 4. The lowest BCUT2D eigenvalue weighted by Crippen LogP contribution is -2.40. The fourth-order valence-corrected chi connectivity index (χ4v) is 3.92. The highest BCUT2D eigenvalue weighted by Gasteiger charge is 2.30. The molecule has 0 fully saturated rings. The van der Waals surface area contributed by atoms with E-state index >= 15 is 0 Å². The maximum Gasteiger partial charge on any atom is 0.249 e. The van der Waals surface area contributed by atoms with Gasteiger partial charge in [-0.25, -0.2) is 0 Å². The van der Waals surface area contributed by atoms with E-state index in [9.17, 15) is 9.59 Å². The van der Waals surface area contributed by atoms with Crippen molar-refractivity contribution in [1.29, 1.82) is 0 Å². The minimum absolute atomic E-state index is 0.0452. The number of aromatic nitrogens is 3. The van der Waals surface area contributed by atoms with Crippen LogP contribution >= 0.6 is 11.6 Å². The molecule has 1 aliphatic heterocycles. The number of rotatable bonds is 4. The average molecular weight is 410 g/mol. The quantitative estimate of drug-likeness (QED) is 0.688. The van der Waals surface area contributed by atoms with Gasteiger partial charge in [-0.3, -0.25) is 20.0 Å². The van der Waals surface area contributed by atoms with Gasteiger partial charge in [-0.1, -0.05) is 48.0 Å². The third kappa shape index (κ3) is 4.00. The molecule has 2 N–H and O–H groups in total. The van der Waals surface area contributed by atoms with Crippen LogP contribution in [0.25, 0.3) is 11.4 Å². The van der Waals surface area contributed by atoms with Gasteiger partial charge in [-0.15, -0.1) is 5.10 Å². The van der Waals surface area contributed by atoms with Crippen LogP contribution in [0.5, 0.6) is 0 Å². The van der Waals surface area contributed by atoms with E-state index in [-0.39, 0.29) is 30.2 Å². The van der Waals surface area contributed by atoms with Crippen molar-refractivity contribution in [1.82, 2.24) is 20.1 Å². The van der Waals surface area contributed by atoms with E-state index in [1.807, 2.05) is 42.5 Å². The molecular formula is C21H20ClN5O2. The lowest BCUT2D eigenvalue weighted by Gasteiger charge is -2.36. The fourth-order valence-electron chi connectivity index (χ4n) is 3.69. The summed E-state index contributed by atoms with van der Waals surface area (Å²) in [5.41, 5.74) is 2.88. The zero-order chi connectivity index (χ0) is 20.4. The van der Waals surface area contributed by atoms with Crippen molar-refractivity contribution in [2.45, 2.75) is 25.8 Å². The Morgan fingerprint density at radius 1 is 1.21 bits per heavy atom. The molecule has 7 nitrogen and oxygen atoms in total. The van der Waals surface area contributed by atoms with E-state index in [0.717, 1.165) is 12.0 Å². The number of carbonyl (C=O) groups excluding carboxylic acids is 2. The molecule has 4 rings (SSSR count). The maximum absolute atomic E-state index is 12.7. The van der Waals surface area contributed by atoms with E-state index < -0.39 is 0 Å². The molecule has 1 aliphatic rings. The van der Waals surface area contributed by atoms with Gasteiger partial charge >= 0.3 is 0 Å². The van der Waals surface area contributed by atoms with Crippen LogP contribution in [0, 0.1) is 0 Å². The molecule has 1 aromatic heterocycles. The first-order valence-electron chi connectivity index (χ1n) is 9.35. The number of nitrogens with one attached hydrogen (secondary N) is 2. The molecule has 3 aromatic rings. The lowest BCUT2D eigenvalue weighted by molar-refractivity contribution is -0.132. The van der Waals surface area contributed by atoms with E-state index in [4.69, 9.17) is 11.6 Å². The van der Waals surface area contributed by atoms with Crippen molar-refractivity contribution in [2.75, 3.05) is 11.9 Å². The summed E-state index contributed by atoms with van der Waals surface area (Å²) in [5, 5.41) is 10.1. The van der Waals surface area contributed by atoms with Gasteiger partial charge < -0.3 is 4.90 Å². The van der Waals surface area contributed by atoms with Crippen LogP contribution in [0.3, 0.4) is 0 Å². The number of hydrogen-bond donors (Lipinski definition) is 2. The first-order valence-corrected chi connectivity index (χ1v) is 9.73. The Labute approximate surface area is 173 Å². The first kappa shape index (κ1) is 19.1. The Morgan fingerprint density at radius 2 is 1.97 bits per heavy atom. The number of nitrogens with zero attached hydrogens (tertiary/aromatic N) is 3. The number of fused-ring (bicyclic) bond motifs is 1. The van der Waals surface area contributed by atoms with Gasteiger partial charge in [0.15, 0.2) is 5.82 Å². The molecule has 0 saturated heterocycles. The van der Waals surface area contributed by atoms with Gasteiger partial charge in [-0.05, 0) is 29.7 Å². The van der Waals surface area contributed by atoms with Gasteiger partial charge in [0.25, 0.3) is 0 Å². The van der Waals surface area contributed by atoms with Crippen molar-refractivity contribution < 1.29 is 9.59 Å². The van der Waals surface area contributed by atoms with Gasteiger partial charge in [-0.2, -0.15) is 4.98 Å². The van der Waals surface area contributed by atoms with Crippen LogP contribution in [-0.4, -0.2) is 38.4 Å².